The molecule has 2 aromatic rings. The van der Waals surface area contributed by atoms with Crippen molar-refractivity contribution in [2.24, 2.45) is 17.8 Å². The number of carbonyl (C=O) groups excluding carboxylic acids is 1. The Morgan fingerprint density at radius 1 is 0.746 bits per heavy atom. The fourth-order valence-electron chi connectivity index (χ4n) is 9.56. The van der Waals surface area contributed by atoms with E-state index in [0.717, 1.165) is 87.2 Å². The molecular formula is C49H70N4O6. The Kier molecular flexibility index (Phi) is 15.9. The van der Waals surface area contributed by atoms with Crippen molar-refractivity contribution in [1.82, 2.24) is 20.6 Å². The lowest BCUT2D eigenvalue weighted by Crippen LogP contribution is -2.27. The first-order valence-electron chi connectivity index (χ1n) is 22.1. The van der Waals surface area contributed by atoms with Crippen LogP contribution in [0, 0.1) is 24.7 Å². The molecule has 2 aromatic heterocycles. The summed E-state index contributed by atoms with van der Waals surface area (Å²) < 4.78 is 0. The number of aromatic amines is 2. The molecule has 8 bridgehead atoms. The average Bonchev–Trinajstić information content (AvgIpc) is 3.85. The zero-order valence-electron chi connectivity index (χ0n) is 36.7. The number of aliphatic hydroxyl groups is 1. The van der Waals surface area contributed by atoms with Crippen LogP contribution in [0.25, 0.3) is 18.2 Å². The van der Waals surface area contributed by atoms with Gasteiger partial charge in [-0.1, -0.05) is 91.7 Å². The second kappa shape index (κ2) is 20.6. The highest BCUT2D eigenvalue weighted by Gasteiger charge is 2.34. The molecule has 10 heteroatoms. The molecule has 0 saturated carbocycles. The quantitative estimate of drug-likeness (QED) is 0.0612. The minimum absolute atomic E-state index is 0.0403. The molecule has 3 aliphatic heterocycles. The molecule has 5 rings (SSSR count). The van der Waals surface area contributed by atoms with Gasteiger partial charge in [-0.3, -0.25) is 14.4 Å². The highest BCUT2D eigenvalue weighted by atomic mass is 16.4. The molecule has 10 nitrogen and oxygen atoms in total. The molecule has 0 radical (unpaired) electrons. The van der Waals surface area contributed by atoms with Crippen LogP contribution in [0.1, 0.15) is 168 Å². The number of carbonyl (C=O) groups is 3. The third kappa shape index (κ3) is 11.4. The summed E-state index contributed by atoms with van der Waals surface area (Å²) in [4.78, 5) is 43.6. The van der Waals surface area contributed by atoms with Crippen LogP contribution in [-0.4, -0.2) is 61.7 Å². The Bertz CT molecular complexity index is 1990. The van der Waals surface area contributed by atoms with Crippen molar-refractivity contribution in [3.8, 4) is 0 Å². The molecule has 322 valence electrons. The van der Waals surface area contributed by atoms with E-state index in [2.05, 4.69) is 74.8 Å². The van der Waals surface area contributed by atoms with Crippen molar-refractivity contribution in [2.45, 2.75) is 163 Å². The standard InChI is InChI=1S/C49H70N4O6/c1-9-34-31(6)39-25-45-49(46(55)18-12-17-30(5)16-11-15-29(4)14-10-13-28(2)3)33(8)40(52-45)24-44-37(27-54)36(20-22-48(58)59)43(53-44)26-42-35(19-21-47(56)57)32(7)38(51-42)23-41(34)50-39/h9,25-30,38,40,46,50-53,55H,1,10-24H2,2-8H3,(H,56,57)(H,58,59)/b42-26-,45-25-/t29-,30+,38?,40?,46+/m1/s1. The molecular weight excluding hydrogens is 741 g/mol. The topological polar surface area (TPSA) is 168 Å². The Morgan fingerprint density at radius 3 is 1.86 bits per heavy atom. The summed E-state index contributed by atoms with van der Waals surface area (Å²) in [5, 5.41) is 38.6. The van der Waals surface area contributed by atoms with Gasteiger partial charge in [0.25, 0.3) is 0 Å². The Hall–Kier alpha value is -4.57. The fourth-order valence-corrected chi connectivity index (χ4v) is 9.56. The lowest BCUT2D eigenvalue weighted by atomic mass is 9.90. The number of aldehydes is 1. The van der Waals surface area contributed by atoms with Gasteiger partial charge in [-0.05, 0) is 103 Å². The first-order valence-corrected chi connectivity index (χ1v) is 22.1. The Balaban J connectivity index is 1.47. The Labute approximate surface area is 351 Å². The van der Waals surface area contributed by atoms with E-state index >= 15 is 0 Å². The first kappa shape index (κ1) is 45.5. The molecule has 3 aliphatic rings. The number of fused-ring (bicyclic) bond motifs is 8. The van der Waals surface area contributed by atoms with E-state index in [4.69, 9.17) is 0 Å². The summed E-state index contributed by atoms with van der Waals surface area (Å²) in [6.07, 6.45) is 17.6. The number of carboxylic acids is 2. The van der Waals surface area contributed by atoms with Crippen LogP contribution >= 0.6 is 0 Å². The number of allylic oxidation sites excluding steroid dienone is 1. The van der Waals surface area contributed by atoms with Crippen LogP contribution in [0.4, 0.5) is 0 Å². The summed E-state index contributed by atoms with van der Waals surface area (Å²) in [6, 6.07) is -0.382. The SMILES string of the molecule is C=Cc1c2[nH]c(c1C)/C=C1\NC(Cc3[nH]c(c(CCC(=O)O)c3C=O)/C=C3\NC(C2)C(C)=C3CCC(=O)O)C(C)=C1[C@@H](O)CCC[C@@H](C)CCC[C@H](C)CCCC(C)C. The van der Waals surface area contributed by atoms with Gasteiger partial charge in [-0.25, -0.2) is 0 Å². The smallest absolute Gasteiger partial charge is 0.303 e. The second-order valence-corrected chi connectivity index (χ2v) is 18.2. The summed E-state index contributed by atoms with van der Waals surface area (Å²) in [5.74, 6) is 0.283. The molecule has 0 aliphatic carbocycles. The molecule has 0 amide bonds. The first-order chi connectivity index (χ1) is 28.1. The molecule has 7 N–H and O–H groups in total. The number of H-pyrrole nitrogens is 2. The van der Waals surface area contributed by atoms with Crippen LogP contribution in [-0.2, 0) is 28.9 Å². The van der Waals surface area contributed by atoms with Gasteiger partial charge in [0.2, 0.25) is 0 Å². The van der Waals surface area contributed by atoms with Gasteiger partial charge in [0.05, 0.1) is 18.2 Å². The largest absolute Gasteiger partial charge is 0.481 e. The highest BCUT2D eigenvalue weighted by Crippen LogP contribution is 2.37. The number of hydrogen-bond acceptors (Lipinski definition) is 6. The fraction of sp³-hybridized carbons (Fsp3) is 0.571. The molecule has 0 aromatic carbocycles. The lowest BCUT2D eigenvalue weighted by molar-refractivity contribution is -0.138. The van der Waals surface area contributed by atoms with Crippen molar-refractivity contribution in [3.63, 3.8) is 0 Å². The van der Waals surface area contributed by atoms with Crippen LogP contribution in [0.3, 0.4) is 0 Å². The van der Waals surface area contributed by atoms with E-state index in [1.807, 2.05) is 19.1 Å². The van der Waals surface area contributed by atoms with Gasteiger partial charge in [-0.2, -0.15) is 0 Å². The zero-order chi connectivity index (χ0) is 43.0. The monoisotopic (exact) mass is 811 g/mol. The molecule has 2 unspecified atom stereocenters. The zero-order valence-corrected chi connectivity index (χ0v) is 36.7. The van der Waals surface area contributed by atoms with E-state index < -0.39 is 18.0 Å². The minimum atomic E-state index is -0.960. The number of nitrogens with one attached hydrogen (secondary N) is 4. The maximum atomic E-state index is 12.9. The number of aromatic nitrogens is 2. The lowest BCUT2D eigenvalue weighted by Gasteiger charge is -2.17. The number of hydrogen-bond donors (Lipinski definition) is 7. The third-order valence-electron chi connectivity index (χ3n) is 13.2. The van der Waals surface area contributed by atoms with Crippen LogP contribution in [0.2, 0.25) is 0 Å². The summed E-state index contributed by atoms with van der Waals surface area (Å²) in [6.45, 7) is 19.6. The van der Waals surface area contributed by atoms with E-state index in [9.17, 15) is 29.7 Å². The molecule has 0 fully saturated rings. The van der Waals surface area contributed by atoms with Gasteiger partial charge in [0.1, 0.15) is 0 Å². The van der Waals surface area contributed by atoms with E-state index in [-0.39, 0.29) is 31.3 Å². The van der Waals surface area contributed by atoms with Crippen LogP contribution < -0.4 is 10.6 Å². The summed E-state index contributed by atoms with van der Waals surface area (Å²) in [5.41, 5.74) is 11.8. The maximum Gasteiger partial charge on any atom is 0.303 e. The highest BCUT2D eigenvalue weighted by molar-refractivity contribution is 5.83. The summed E-state index contributed by atoms with van der Waals surface area (Å²) in [7, 11) is 0. The van der Waals surface area contributed by atoms with Crippen molar-refractivity contribution in [3.05, 3.63) is 85.3 Å². The predicted molar refractivity (Wildman–Crippen MR) is 238 cm³/mol. The van der Waals surface area contributed by atoms with Crippen molar-refractivity contribution < 1.29 is 29.7 Å². The van der Waals surface area contributed by atoms with Crippen molar-refractivity contribution in [1.29, 1.82) is 0 Å². The van der Waals surface area contributed by atoms with Crippen LogP contribution in [0.5, 0.6) is 0 Å². The van der Waals surface area contributed by atoms with Gasteiger partial charge in [-0.15, -0.1) is 0 Å². The molecule has 5 atom stereocenters. The Morgan fingerprint density at radius 2 is 1.27 bits per heavy atom. The minimum Gasteiger partial charge on any atom is -0.481 e. The molecule has 0 spiro atoms. The summed E-state index contributed by atoms with van der Waals surface area (Å²) >= 11 is 0. The van der Waals surface area contributed by atoms with Crippen molar-refractivity contribution >= 4 is 36.5 Å². The molecule has 5 heterocycles. The van der Waals surface area contributed by atoms with Gasteiger partial charge in [0, 0.05) is 71.0 Å². The molecule has 0 saturated heterocycles. The number of aliphatic hydroxyl groups excluding tert-OH is 1. The average molecular weight is 811 g/mol. The number of aliphatic carboxylic acids is 2. The third-order valence-corrected chi connectivity index (χ3v) is 13.2. The van der Waals surface area contributed by atoms with E-state index in [0.29, 0.717) is 54.1 Å². The van der Waals surface area contributed by atoms with E-state index in [1.165, 1.54) is 38.5 Å². The number of carboxylic acid groups (broad SMARTS) is 2. The maximum absolute atomic E-state index is 12.9. The second-order valence-electron chi connectivity index (χ2n) is 18.2. The van der Waals surface area contributed by atoms with Crippen LogP contribution in [0.15, 0.2) is 40.3 Å². The van der Waals surface area contributed by atoms with Gasteiger partial charge in [0.15, 0.2) is 6.29 Å². The molecule has 59 heavy (non-hydrogen) atoms. The van der Waals surface area contributed by atoms with Gasteiger partial charge >= 0.3 is 11.9 Å². The van der Waals surface area contributed by atoms with E-state index in [1.54, 1.807) is 0 Å². The van der Waals surface area contributed by atoms with Gasteiger partial charge < -0.3 is 35.9 Å². The predicted octanol–water partition coefficient (Wildman–Crippen LogP) is 9.85. The normalized spacial score (nSPS) is 21.0. The van der Waals surface area contributed by atoms with Crippen molar-refractivity contribution in [2.75, 3.05) is 0 Å². The number of rotatable bonds is 21.